The second-order valence-electron chi connectivity index (χ2n) is 11.3. The van der Waals surface area contributed by atoms with Crippen LogP contribution in [0.2, 0.25) is 0 Å². The molecule has 0 saturated heterocycles. The number of benzene rings is 2. The van der Waals surface area contributed by atoms with Gasteiger partial charge in [-0.1, -0.05) is 45.9 Å². The summed E-state index contributed by atoms with van der Waals surface area (Å²) < 4.78 is 27.2. The van der Waals surface area contributed by atoms with Crippen molar-refractivity contribution in [2.24, 2.45) is 11.8 Å². The van der Waals surface area contributed by atoms with Gasteiger partial charge in [0.05, 0.1) is 32.2 Å². The second kappa shape index (κ2) is 19.3. The molecule has 11 nitrogen and oxygen atoms in total. The number of ether oxygens (including phenoxy) is 5. The first-order valence-electron chi connectivity index (χ1n) is 15.3. The van der Waals surface area contributed by atoms with Crippen LogP contribution in [0.5, 0.6) is 28.9 Å². The van der Waals surface area contributed by atoms with Crippen LogP contribution in [0.25, 0.3) is 0 Å². The number of amides is 2. The number of rotatable bonds is 15. The number of carbonyl (C=O) groups excluding carboxylic acids is 2. The first-order chi connectivity index (χ1) is 22.6. The van der Waals surface area contributed by atoms with E-state index in [1.807, 2.05) is 37.3 Å². The fraction of sp³-hybridized carbons (Fsp3) is 0.333. The molecule has 250 valence electrons. The van der Waals surface area contributed by atoms with Crippen LogP contribution in [-0.4, -0.2) is 55.3 Å². The van der Waals surface area contributed by atoms with Gasteiger partial charge in [0.25, 0.3) is 11.8 Å². The van der Waals surface area contributed by atoms with Crippen molar-refractivity contribution in [3.63, 3.8) is 0 Å². The summed E-state index contributed by atoms with van der Waals surface area (Å²) in [5, 5.41) is 5.39. The number of hydrogen-bond acceptors (Lipinski definition) is 9. The van der Waals surface area contributed by atoms with E-state index >= 15 is 0 Å². The van der Waals surface area contributed by atoms with Crippen molar-refractivity contribution in [2.45, 2.75) is 34.6 Å². The fourth-order valence-corrected chi connectivity index (χ4v) is 3.62. The maximum atomic E-state index is 11.9. The van der Waals surface area contributed by atoms with E-state index in [2.05, 4.69) is 48.3 Å². The van der Waals surface area contributed by atoms with E-state index < -0.39 is 0 Å². The monoisotopic (exact) mass is 644 g/mol. The molecule has 0 aliphatic rings. The van der Waals surface area contributed by atoms with Crippen molar-refractivity contribution in [2.75, 3.05) is 44.2 Å². The van der Waals surface area contributed by atoms with E-state index in [4.69, 9.17) is 23.7 Å². The van der Waals surface area contributed by atoms with Crippen molar-refractivity contribution in [3.8, 4) is 28.9 Å². The summed E-state index contributed by atoms with van der Waals surface area (Å²) in [6.07, 6.45) is 3.23. The fourth-order valence-electron chi connectivity index (χ4n) is 3.62. The van der Waals surface area contributed by atoms with Gasteiger partial charge >= 0.3 is 0 Å². The van der Waals surface area contributed by atoms with Crippen LogP contribution in [-0.2, 0) is 9.59 Å². The Bertz CT molecular complexity index is 1530. The molecule has 2 heterocycles. The van der Waals surface area contributed by atoms with Crippen LogP contribution in [0.15, 0.2) is 85.2 Å². The largest absolute Gasteiger partial charge is 0.493 e. The maximum Gasteiger partial charge on any atom is 0.263 e. The lowest BCUT2D eigenvalue weighted by atomic mass is 10.2. The number of hydrogen-bond donors (Lipinski definition) is 2. The van der Waals surface area contributed by atoms with E-state index in [0.29, 0.717) is 53.9 Å². The Morgan fingerprint density at radius 1 is 0.660 bits per heavy atom. The highest BCUT2D eigenvalue weighted by atomic mass is 16.5. The zero-order valence-corrected chi connectivity index (χ0v) is 27.8. The number of aromatic nitrogens is 2. The molecule has 0 bridgehead atoms. The van der Waals surface area contributed by atoms with Gasteiger partial charge in [0.2, 0.25) is 5.88 Å². The summed E-state index contributed by atoms with van der Waals surface area (Å²) in [6.45, 7) is 11.4. The molecular weight excluding hydrogens is 600 g/mol. The first kappa shape index (κ1) is 36.2. The number of nitrogens with zero attached hydrogens (tertiary/aromatic N) is 2. The molecular formula is C36H44N4O7. The third-order valence-electron chi connectivity index (χ3n) is 5.93. The average Bonchev–Trinajstić information content (AvgIpc) is 3.06. The number of pyridine rings is 2. The lowest BCUT2D eigenvalue weighted by Crippen LogP contribution is -2.20. The number of anilines is 2. The van der Waals surface area contributed by atoms with Gasteiger partial charge in [-0.2, -0.15) is 0 Å². The summed E-state index contributed by atoms with van der Waals surface area (Å²) in [4.78, 5) is 31.9. The quantitative estimate of drug-likeness (QED) is 0.147. The van der Waals surface area contributed by atoms with Crippen LogP contribution in [0.3, 0.4) is 0 Å². The van der Waals surface area contributed by atoms with Crippen molar-refractivity contribution < 1.29 is 33.3 Å². The Balaban J connectivity index is 0.000000256. The smallest absolute Gasteiger partial charge is 0.263 e. The van der Waals surface area contributed by atoms with E-state index in [1.165, 1.54) is 13.3 Å². The Morgan fingerprint density at radius 2 is 1.19 bits per heavy atom. The molecule has 0 unspecified atom stereocenters. The summed E-state index contributed by atoms with van der Waals surface area (Å²) >= 11 is 0. The van der Waals surface area contributed by atoms with Gasteiger partial charge in [0.15, 0.2) is 13.2 Å². The molecule has 4 aromatic rings. The summed E-state index contributed by atoms with van der Waals surface area (Å²) in [6, 6.07) is 21.5. The molecule has 2 amide bonds. The topological polar surface area (TPSA) is 130 Å². The Kier molecular flexibility index (Phi) is 14.8. The molecule has 0 aliphatic heterocycles. The van der Waals surface area contributed by atoms with Gasteiger partial charge in [-0.15, -0.1) is 0 Å². The minimum atomic E-state index is -0.268. The summed E-state index contributed by atoms with van der Waals surface area (Å²) in [5.74, 6) is 4.01. The van der Waals surface area contributed by atoms with Gasteiger partial charge < -0.3 is 34.3 Å². The third kappa shape index (κ3) is 14.5. The summed E-state index contributed by atoms with van der Waals surface area (Å²) in [5.41, 5.74) is 1.62. The molecule has 0 radical (unpaired) electrons. The predicted molar refractivity (Wildman–Crippen MR) is 182 cm³/mol. The first-order valence-corrected chi connectivity index (χ1v) is 15.3. The molecule has 11 heteroatoms. The van der Waals surface area contributed by atoms with Crippen LogP contribution >= 0.6 is 0 Å². The van der Waals surface area contributed by atoms with Crippen LogP contribution in [0, 0.1) is 18.8 Å². The van der Waals surface area contributed by atoms with Crippen molar-refractivity contribution in [1.82, 2.24) is 9.97 Å². The number of nitrogens with one attached hydrogen (secondary N) is 2. The Morgan fingerprint density at radius 3 is 1.64 bits per heavy atom. The maximum absolute atomic E-state index is 11.9. The highest BCUT2D eigenvalue weighted by Gasteiger charge is 2.07. The Hall–Kier alpha value is -5.32. The van der Waals surface area contributed by atoms with E-state index in [1.54, 1.807) is 48.7 Å². The molecule has 0 saturated carbocycles. The Labute approximate surface area is 276 Å². The van der Waals surface area contributed by atoms with Crippen molar-refractivity contribution in [3.05, 3.63) is 90.8 Å². The van der Waals surface area contributed by atoms with Gasteiger partial charge in [0, 0.05) is 24.4 Å². The lowest BCUT2D eigenvalue weighted by Gasteiger charge is -2.11. The second-order valence-corrected chi connectivity index (χ2v) is 11.3. The third-order valence-corrected chi connectivity index (χ3v) is 5.93. The highest BCUT2D eigenvalue weighted by molar-refractivity contribution is 5.92. The normalized spacial score (nSPS) is 10.4. The number of carbonyl (C=O) groups is 2. The molecule has 4 rings (SSSR count). The molecule has 47 heavy (non-hydrogen) atoms. The van der Waals surface area contributed by atoms with Gasteiger partial charge in [-0.3, -0.25) is 9.59 Å². The molecule has 0 spiro atoms. The molecule has 0 fully saturated rings. The average molecular weight is 645 g/mol. The predicted octanol–water partition coefficient (Wildman–Crippen LogP) is 6.58. The molecule has 0 aliphatic carbocycles. The van der Waals surface area contributed by atoms with E-state index in [9.17, 15) is 9.59 Å². The van der Waals surface area contributed by atoms with Gasteiger partial charge in [0.1, 0.15) is 28.8 Å². The highest BCUT2D eigenvalue weighted by Crippen LogP contribution is 2.21. The lowest BCUT2D eigenvalue weighted by molar-refractivity contribution is -0.118. The van der Waals surface area contributed by atoms with Gasteiger partial charge in [-0.25, -0.2) is 9.97 Å². The van der Waals surface area contributed by atoms with Crippen molar-refractivity contribution in [1.29, 1.82) is 0 Å². The van der Waals surface area contributed by atoms with Crippen LogP contribution in [0.1, 0.15) is 33.3 Å². The van der Waals surface area contributed by atoms with Crippen molar-refractivity contribution >= 4 is 23.3 Å². The van der Waals surface area contributed by atoms with Crippen LogP contribution < -0.4 is 34.3 Å². The van der Waals surface area contributed by atoms with Crippen LogP contribution in [0.4, 0.5) is 11.5 Å². The molecule has 2 aromatic carbocycles. The minimum Gasteiger partial charge on any atom is -0.493 e. The number of aryl methyl sites for hydroxylation is 1. The zero-order valence-electron chi connectivity index (χ0n) is 27.8. The standard InChI is InChI=1S/C18H22N2O4.C18H22N2O3/c1-13(2)11-23-15-5-4-6-16(9-15)24-12-17(21)20-14-7-8-18(22-3)19-10-14;1-13(2)11-22-15-5-4-6-16(9-15)23-12-18(21)20-17-8-7-14(3)10-19-17/h4-10,13H,11-12H2,1-3H3,(H,20,21);4-10,13H,11-12H2,1-3H3,(H,19,20,21). The minimum absolute atomic E-state index is 0.0802. The summed E-state index contributed by atoms with van der Waals surface area (Å²) in [7, 11) is 1.54. The number of methoxy groups -OCH3 is 1. The zero-order chi connectivity index (χ0) is 34.0. The van der Waals surface area contributed by atoms with E-state index in [0.717, 1.165) is 17.1 Å². The SMILES string of the molecule is COc1ccc(NC(=O)COc2cccc(OCC(C)C)c2)cn1.Cc1ccc(NC(=O)COc2cccc(OCC(C)C)c2)nc1. The van der Waals surface area contributed by atoms with E-state index in [-0.39, 0.29) is 25.0 Å². The molecule has 2 aromatic heterocycles. The van der Waals surface area contributed by atoms with Gasteiger partial charge in [-0.05, 0) is 60.7 Å². The molecule has 0 atom stereocenters. The molecule has 2 N–H and O–H groups in total.